The van der Waals surface area contributed by atoms with Gasteiger partial charge in [-0.25, -0.2) is 4.39 Å². The molecular formula is C3H21FP10. The zero-order valence-electron chi connectivity index (χ0n) is 6.18. The Morgan fingerprint density at radius 3 is 1.29 bits per heavy atom. The molecule has 0 bridgehead atoms. The first-order valence-corrected chi connectivity index (χ1v) is 18.4. The number of halogens is 1. The Kier molecular flexibility index (Phi) is 18.5. The summed E-state index contributed by atoms with van der Waals surface area (Å²) < 4.78 is 14.4. The molecule has 14 heavy (non-hydrogen) atoms. The minimum absolute atomic E-state index is 0. The van der Waals surface area contributed by atoms with Crippen molar-refractivity contribution in [2.45, 2.75) is 19.7 Å². The molecule has 0 aromatic rings. The van der Waals surface area contributed by atoms with Gasteiger partial charge < -0.3 is 0 Å². The zero-order valence-corrected chi connectivity index (χ0v) is 16.8. The van der Waals surface area contributed by atoms with Crippen LogP contribution in [0.5, 0.6) is 0 Å². The summed E-state index contributed by atoms with van der Waals surface area (Å²) in [6.45, 7) is 0. The lowest BCUT2D eigenvalue weighted by Crippen LogP contribution is -2.01. The number of hydrogen-bond acceptors (Lipinski definition) is 0. The average molecular weight is 386 g/mol. The molecule has 0 aliphatic rings. The quantitative estimate of drug-likeness (QED) is 0.477. The van der Waals surface area contributed by atoms with Crippen LogP contribution in [0.2, 0.25) is 0 Å². The molecule has 0 fully saturated rings. The molecule has 8 atom stereocenters. The molecule has 0 nitrogen and oxygen atoms in total. The molecule has 0 rings (SSSR count). The van der Waals surface area contributed by atoms with E-state index >= 15 is 0 Å². The lowest BCUT2D eigenvalue weighted by molar-refractivity contribution is 0.525. The maximum Gasteiger partial charge on any atom is 0.185 e. The van der Waals surface area contributed by atoms with Crippen LogP contribution in [0.3, 0.4) is 0 Å². The van der Waals surface area contributed by atoms with Crippen molar-refractivity contribution < 1.29 is 4.39 Å². The highest BCUT2D eigenvalue weighted by Gasteiger charge is 2.43. The first-order chi connectivity index (χ1) is 5.37. The van der Waals surface area contributed by atoms with Crippen molar-refractivity contribution in [2.24, 2.45) is 0 Å². The van der Waals surface area contributed by atoms with Gasteiger partial charge in [0.25, 0.3) is 0 Å². The SMILES string of the molecule is C.C.FC(P(P)P)(P(P)P)P(P)PP. The lowest BCUT2D eigenvalue weighted by Gasteiger charge is -2.37. The molecule has 11 heteroatoms. The van der Waals surface area contributed by atoms with Gasteiger partial charge in [-0.15, -0.1) is 53.6 Å². The molecule has 0 aliphatic heterocycles. The molecule has 8 unspecified atom stereocenters. The first-order valence-electron chi connectivity index (χ1n) is 2.66. The van der Waals surface area contributed by atoms with Gasteiger partial charge >= 0.3 is 0 Å². The molecule has 0 aromatic carbocycles. The van der Waals surface area contributed by atoms with Gasteiger partial charge in [0.15, 0.2) is 4.89 Å². The molecule has 0 N–H and O–H groups in total. The maximum atomic E-state index is 14.4. The van der Waals surface area contributed by atoms with Crippen LogP contribution in [-0.4, -0.2) is 4.89 Å². The first kappa shape index (κ1) is 23.3. The van der Waals surface area contributed by atoms with Crippen LogP contribution in [-0.2, 0) is 0 Å². The van der Waals surface area contributed by atoms with Gasteiger partial charge in [-0.3, -0.25) is 0 Å². The smallest absolute Gasteiger partial charge is 0.185 e. The predicted molar refractivity (Wildman–Crippen MR) is 105 cm³/mol. The lowest BCUT2D eigenvalue weighted by atomic mass is 11.7. The van der Waals surface area contributed by atoms with Gasteiger partial charge in [0.05, 0.1) is 0 Å². The van der Waals surface area contributed by atoms with Crippen molar-refractivity contribution in [1.82, 2.24) is 0 Å². The summed E-state index contributed by atoms with van der Waals surface area (Å²) >= 11 is 0. The largest absolute Gasteiger partial charge is 0.227 e. The highest BCUT2D eigenvalue weighted by Crippen LogP contribution is 2.96. The molecule has 0 saturated carbocycles. The zero-order chi connectivity index (χ0) is 9.94. The summed E-state index contributed by atoms with van der Waals surface area (Å²) in [5, 5.41) is 0. The van der Waals surface area contributed by atoms with E-state index in [1.165, 1.54) is 0 Å². The van der Waals surface area contributed by atoms with Crippen LogP contribution in [0.25, 0.3) is 0 Å². The minimum Gasteiger partial charge on any atom is -0.227 e. The Hall–Kier alpha value is 4.23. The summed E-state index contributed by atoms with van der Waals surface area (Å²) in [5.41, 5.74) is 0. The second-order valence-electron chi connectivity index (χ2n) is 1.87. The van der Waals surface area contributed by atoms with Crippen molar-refractivity contribution in [3.8, 4) is 0 Å². The minimum atomic E-state index is -0.991. The van der Waals surface area contributed by atoms with E-state index < -0.39 is 26.8 Å². The van der Waals surface area contributed by atoms with E-state index in [-0.39, 0.29) is 14.9 Å². The van der Waals surface area contributed by atoms with E-state index in [4.69, 9.17) is 0 Å². The fourth-order valence-corrected chi connectivity index (χ4v) is 36.3. The summed E-state index contributed by atoms with van der Waals surface area (Å²) in [5.74, 6) is 0. The van der Waals surface area contributed by atoms with E-state index in [2.05, 4.69) is 53.6 Å². The molecule has 0 aliphatic carbocycles. The molecule has 0 amide bonds. The van der Waals surface area contributed by atoms with Crippen molar-refractivity contribution in [2.75, 3.05) is 0 Å². The Labute approximate surface area is 107 Å². The van der Waals surface area contributed by atoms with Gasteiger partial charge in [0.2, 0.25) is 0 Å². The highest BCUT2D eigenvalue weighted by molar-refractivity contribution is 8.70. The summed E-state index contributed by atoms with van der Waals surface area (Å²) in [4.78, 5) is -0.991. The molecule has 0 heterocycles. The fourth-order valence-electron chi connectivity index (χ4n) is 0.464. The van der Waals surface area contributed by atoms with E-state index in [9.17, 15) is 4.39 Å². The Balaban J connectivity index is -0.000000605. The number of hydrogen-bond donors (Lipinski definition) is 0. The Bertz CT molecular complexity index is 129. The van der Waals surface area contributed by atoms with E-state index in [1.807, 2.05) is 0 Å². The monoisotopic (exact) mass is 386 g/mol. The second-order valence-corrected chi connectivity index (χ2v) is 25.3. The van der Waals surface area contributed by atoms with Gasteiger partial charge in [-0.05, 0) is 21.9 Å². The number of alkyl halides is 1. The predicted octanol–water partition coefficient (Wildman–Crippen LogP) is 6.62. The molecule has 0 radical (unpaired) electrons. The Morgan fingerprint density at radius 1 is 0.929 bits per heavy atom. The van der Waals surface area contributed by atoms with Gasteiger partial charge in [0, 0.05) is 0 Å². The normalized spacial score (nSPS) is 14.4. The van der Waals surface area contributed by atoms with Gasteiger partial charge in [0.1, 0.15) is 0 Å². The van der Waals surface area contributed by atoms with Crippen LogP contribution in [0.1, 0.15) is 14.9 Å². The van der Waals surface area contributed by atoms with Crippen molar-refractivity contribution in [3.63, 3.8) is 0 Å². The summed E-state index contributed by atoms with van der Waals surface area (Å²) in [6.07, 6.45) is 0. The number of rotatable bonds is 4. The average Bonchev–Trinajstić information content (AvgIpc) is 2.00. The van der Waals surface area contributed by atoms with Crippen LogP contribution in [0.4, 0.5) is 4.39 Å². The van der Waals surface area contributed by atoms with Gasteiger partial charge in [-0.2, -0.15) is 0 Å². The van der Waals surface area contributed by atoms with Crippen LogP contribution >= 0.6 is 83.4 Å². The standard InChI is InChI=1S/CH13FP10.2CH4/c2-1(10(4)5,11(6)7)12(8)9-3;;/h9H,3-8H2;2*1H4. The van der Waals surface area contributed by atoms with Crippen molar-refractivity contribution in [3.05, 3.63) is 0 Å². The van der Waals surface area contributed by atoms with Crippen molar-refractivity contribution >= 4 is 83.4 Å². The van der Waals surface area contributed by atoms with E-state index in [0.29, 0.717) is 7.96 Å². The maximum absolute atomic E-state index is 14.4. The third-order valence-corrected chi connectivity index (χ3v) is 28.6. The van der Waals surface area contributed by atoms with Crippen LogP contribution < -0.4 is 0 Å². The highest BCUT2D eigenvalue weighted by atomic mass is 32.6. The summed E-state index contributed by atoms with van der Waals surface area (Å²) in [6, 6.07) is 0. The molecule has 0 spiro atoms. The fraction of sp³-hybridized carbons (Fsp3) is 1.00. The van der Waals surface area contributed by atoms with Gasteiger partial charge in [-0.1, -0.05) is 22.8 Å². The van der Waals surface area contributed by atoms with Crippen LogP contribution in [0.15, 0.2) is 0 Å². The van der Waals surface area contributed by atoms with Crippen LogP contribution in [0, 0.1) is 0 Å². The molecule has 0 saturated heterocycles. The third kappa shape index (κ3) is 6.41. The third-order valence-electron chi connectivity index (χ3n) is 1.10. The Morgan fingerprint density at radius 2 is 1.21 bits per heavy atom. The van der Waals surface area contributed by atoms with Crippen molar-refractivity contribution in [1.29, 1.82) is 0 Å². The topological polar surface area (TPSA) is 0 Å². The molecular weight excluding hydrogens is 365 g/mol. The summed E-state index contributed by atoms with van der Waals surface area (Å²) in [7, 11) is 14.4. The van der Waals surface area contributed by atoms with E-state index in [0.717, 1.165) is 0 Å². The molecule has 0 aromatic heterocycles. The second kappa shape index (κ2) is 11.1. The van der Waals surface area contributed by atoms with E-state index in [1.54, 1.807) is 0 Å². The molecule has 90 valence electrons.